The van der Waals surface area contributed by atoms with E-state index in [0.717, 1.165) is 29.7 Å². The largest absolute Gasteiger partial charge is 0.366 e. The lowest BCUT2D eigenvalue weighted by Crippen LogP contribution is -2.28. The fourth-order valence-electron chi connectivity index (χ4n) is 3.50. The van der Waals surface area contributed by atoms with E-state index < -0.39 is 5.91 Å². The van der Waals surface area contributed by atoms with Gasteiger partial charge in [-0.3, -0.25) is 4.79 Å². The molecule has 0 bridgehead atoms. The second kappa shape index (κ2) is 6.09. The number of nitrogens with one attached hydrogen (secondary N) is 1. The van der Waals surface area contributed by atoms with Crippen molar-refractivity contribution in [1.29, 1.82) is 0 Å². The standard InChI is InChI=1S/C19H20N4O/c20-19(24)17-5-1-3-15-12-22-23(18(15)17)16-8-6-13(7-9-16)14-4-2-10-21-11-14/h1,3,5-9,12,14,21H,2,4,10-11H2,(H2,20,24)/t14-/m1/s1. The van der Waals surface area contributed by atoms with E-state index in [0.29, 0.717) is 11.5 Å². The molecule has 5 heteroatoms. The van der Waals surface area contributed by atoms with Gasteiger partial charge >= 0.3 is 0 Å². The second-order valence-corrected chi connectivity index (χ2v) is 6.30. The van der Waals surface area contributed by atoms with Crippen LogP contribution in [0.1, 0.15) is 34.7 Å². The van der Waals surface area contributed by atoms with Crippen LogP contribution >= 0.6 is 0 Å². The quantitative estimate of drug-likeness (QED) is 0.779. The van der Waals surface area contributed by atoms with Gasteiger partial charge in [-0.05, 0) is 49.1 Å². The Morgan fingerprint density at radius 3 is 2.75 bits per heavy atom. The SMILES string of the molecule is NC(=O)c1cccc2cnn(-c3ccc([C@@H]4CCCNC4)cc3)c12. The molecule has 2 aromatic carbocycles. The molecule has 122 valence electrons. The van der Waals surface area contributed by atoms with Gasteiger partial charge in [0.25, 0.3) is 5.91 Å². The minimum absolute atomic E-state index is 0.438. The van der Waals surface area contributed by atoms with Crippen molar-refractivity contribution in [2.45, 2.75) is 18.8 Å². The number of rotatable bonds is 3. The second-order valence-electron chi connectivity index (χ2n) is 6.30. The lowest BCUT2D eigenvalue weighted by atomic mass is 9.91. The maximum atomic E-state index is 11.7. The molecule has 1 amide bonds. The molecule has 4 rings (SSSR count). The molecule has 0 saturated carbocycles. The molecule has 0 radical (unpaired) electrons. The van der Waals surface area contributed by atoms with Crippen LogP contribution in [0, 0.1) is 0 Å². The Morgan fingerprint density at radius 1 is 1.21 bits per heavy atom. The summed E-state index contributed by atoms with van der Waals surface area (Å²) in [5.74, 6) is 0.135. The molecule has 3 N–H and O–H groups in total. The molecule has 0 unspecified atom stereocenters. The molecule has 1 aliphatic heterocycles. The van der Waals surface area contributed by atoms with Gasteiger partial charge in [-0.25, -0.2) is 4.68 Å². The highest BCUT2D eigenvalue weighted by molar-refractivity contribution is 6.05. The van der Waals surface area contributed by atoms with Gasteiger partial charge in [-0.2, -0.15) is 5.10 Å². The molecular weight excluding hydrogens is 300 g/mol. The van der Waals surface area contributed by atoms with E-state index in [4.69, 9.17) is 5.73 Å². The lowest BCUT2D eigenvalue weighted by Gasteiger charge is -2.23. The average Bonchev–Trinajstić information content (AvgIpc) is 3.06. The van der Waals surface area contributed by atoms with Gasteiger partial charge in [-0.15, -0.1) is 0 Å². The summed E-state index contributed by atoms with van der Waals surface area (Å²) in [5, 5.41) is 8.81. The summed E-state index contributed by atoms with van der Waals surface area (Å²) in [4.78, 5) is 11.7. The minimum atomic E-state index is -0.438. The first kappa shape index (κ1) is 14.9. The fourth-order valence-corrected chi connectivity index (χ4v) is 3.50. The molecule has 1 aliphatic rings. The predicted molar refractivity (Wildman–Crippen MR) is 94.4 cm³/mol. The van der Waals surface area contributed by atoms with Gasteiger partial charge in [0.1, 0.15) is 0 Å². The smallest absolute Gasteiger partial charge is 0.250 e. The third-order valence-corrected chi connectivity index (χ3v) is 4.76. The number of hydrogen-bond donors (Lipinski definition) is 2. The molecule has 3 aromatic rings. The highest BCUT2D eigenvalue weighted by Gasteiger charge is 2.16. The number of carbonyl (C=O) groups excluding carboxylic acids is 1. The van der Waals surface area contributed by atoms with Crippen molar-refractivity contribution in [2.75, 3.05) is 13.1 Å². The first-order valence-electron chi connectivity index (χ1n) is 8.31. The highest BCUT2D eigenvalue weighted by atomic mass is 16.1. The Bertz CT molecular complexity index is 876. The number of aromatic nitrogens is 2. The van der Waals surface area contributed by atoms with E-state index in [9.17, 15) is 4.79 Å². The summed E-state index contributed by atoms with van der Waals surface area (Å²) in [7, 11) is 0. The zero-order valence-corrected chi connectivity index (χ0v) is 13.4. The van der Waals surface area contributed by atoms with E-state index in [1.54, 1.807) is 16.9 Å². The van der Waals surface area contributed by atoms with E-state index in [1.165, 1.54) is 18.4 Å². The van der Waals surface area contributed by atoms with Crippen LogP contribution in [0.4, 0.5) is 0 Å². The summed E-state index contributed by atoms with van der Waals surface area (Å²) in [6.07, 6.45) is 4.21. The van der Waals surface area contributed by atoms with Crippen molar-refractivity contribution in [3.63, 3.8) is 0 Å². The number of para-hydroxylation sites is 1. The topological polar surface area (TPSA) is 72.9 Å². The van der Waals surface area contributed by atoms with Gasteiger partial charge in [-0.1, -0.05) is 24.3 Å². The molecule has 1 atom stereocenters. The number of nitrogens with two attached hydrogens (primary N) is 1. The van der Waals surface area contributed by atoms with E-state index >= 15 is 0 Å². The van der Waals surface area contributed by atoms with Crippen LogP contribution in [0.15, 0.2) is 48.7 Å². The lowest BCUT2D eigenvalue weighted by molar-refractivity contribution is 0.100. The summed E-state index contributed by atoms with van der Waals surface area (Å²) >= 11 is 0. The first-order chi connectivity index (χ1) is 11.7. The summed E-state index contributed by atoms with van der Waals surface area (Å²) < 4.78 is 1.79. The van der Waals surface area contributed by atoms with Crippen LogP contribution in [0.5, 0.6) is 0 Å². The van der Waals surface area contributed by atoms with Gasteiger partial charge in [0.05, 0.1) is 23.0 Å². The third-order valence-electron chi connectivity index (χ3n) is 4.76. The fraction of sp³-hybridized carbons (Fsp3) is 0.263. The summed E-state index contributed by atoms with van der Waals surface area (Å²) in [6.45, 7) is 2.15. The van der Waals surface area contributed by atoms with Crippen molar-refractivity contribution >= 4 is 16.8 Å². The van der Waals surface area contributed by atoms with Crippen molar-refractivity contribution in [3.05, 3.63) is 59.8 Å². The maximum absolute atomic E-state index is 11.7. The Kier molecular flexibility index (Phi) is 3.78. The number of amides is 1. The monoisotopic (exact) mass is 320 g/mol. The Balaban J connectivity index is 1.74. The normalized spacial score (nSPS) is 17.9. The van der Waals surface area contributed by atoms with Crippen LogP contribution in [0.3, 0.4) is 0 Å². The van der Waals surface area contributed by atoms with Gasteiger partial charge in [0.2, 0.25) is 0 Å². The molecule has 24 heavy (non-hydrogen) atoms. The zero-order valence-electron chi connectivity index (χ0n) is 13.4. The molecule has 5 nitrogen and oxygen atoms in total. The van der Waals surface area contributed by atoms with Crippen molar-refractivity contribution in [3.8, 4) is 5.69 Å². The van der Waals surface area contributed by atoms with E-state index in [2.05, 4.69) is 34.7 Å². The van der Waals surface area contributed by atoms with Crippen molar-refractivity contribution in [2.24, 2.45) is 5.73 Å². The molecular formula is C19H20N4O. The molecule has 1 saturated heterocycles. The average molecular weight is 320 g/mol. The molecule has 1 fully saturated rings. The Morgan fingerprint density at radius 2 is 2.04 bits per heavy atom. The number of primary amides is 1. The summed E-state index contributed by atoms with van der Waals surface area (Å²) in [6, 6.07) is 14.0. The van der Waals surface area contributed by atoms with E-state index in [-0.39, 0.29) is 0 Å². The molecule has 0 aliphatic carbocycles. The van der Waals surface area contributed by atoms with Crippen molar-refractivity contribution < 1.29 is 4.79 Å². The van der Waals surface area contributed by atoms with Gasteiger partial charge in [0, 0.05) is 11.9 Å². The molecule has 2 heterocycles. The Labute approximate surface area is 140 Å². The van der Waals surface area contributed by atoms with Crippen LogP contribution in [-0.2, 0) is 0 Å². The number of hydrogen-bond acceptors (Lipinski definition) is 3. The number of nitrogens with zero attached hydrogens (tertiary/aromatic N) is 2. The molecule has 0 spiro atoms. The highest BCUT2D eigenvalue weighted by Crippen LogP contribution is 2.26. The third kappa shape index (κ3) is 2.57. The van der Waals surface area contributed by atoms with Gasteiger partial charge < -0.3 is 11.1 Å². The van der Waals surface area contributed by atoms with Gasteiger partial charge in [0.15, 0.2) is 0 Å². The number of fused-ring (bicyclic) bond motifs is 1. The van der Waals surface area contributed by atoms with E-state index in [1.807, 2.05) is 12.1 Å². The maximum Gasteiger partial charge on any atom is 0.250 e. The minimum Gasteiger partial charge on any atom is -0.366 e. The summed E-state index contributed by atoms with van der Waals surface area (Å²) in [5.41, 5.74) is 9.05. The van der Waals surface area contributed by atoms with Crippen LogP contribution in [0.25, 0.3) is 16.6 Å². The van der Waals surface area contributed by atoms with Crippen LogP contribution in [0.2, 0.25) is 0 Å². The number of piperidine rings is 1. The molecule has 1 aromatic heterocycles. The Hall–Kier alpha value is -2.66. The van der Waals surface area contributed by atoms with Crippen molar-refractivity contribution in [1.82, 2.24) is 15.1 Å². The number of benzene rings is 2. The zero-order chi connectivity index (χ0) is 16.5. The first-order valence-corrected chi connectivity index (χ1v) is 8.31. The number of carbonyl (C=O) groups is 1. The van der Waals surface area contributed by atoms with Crippen LogP contribution in [-0.4, -0.2) is 28.8 Å². The van der Waals surface area contributed by atoms with Crippen LogP contribution < -0.4 is 11.1 Å². The predicted octanol–water partition coefficient (Wildman–Crippen LogP) is 2.59.